The summed E-state index contributed by atoms with van der Waals surface area (Å²) in [6, 6.07) is 0.464. The van der Waals surface area contributed by atoms with Gasteiger partial charge in [0.2, 0.25) is 5.91 Å². The van der Waals surface area contributed by atoms with Gasteiger partial charge in [-0.25, -0.2) is 0 Å². The van der Waals surface area contributed by atoms with Crippen LogP contribution in [0.5, 0.6) is 0 Å². The minimum atomic E-state index is 0.0299. The van der Waals surface area contributed by atoms with Gasteiger partial charge in [0.15, 0.2) is 0 Å². The zero-order valence-corrected chi connectivity index (χ0v) is 10.3. The van der Waals surface area contributed by atoms with Crippen LogP contribution in [0.2, 0.25) is 0 Å². The first-order valence-electron chi connectivity index (χ1n) is 7.21. The van der Waals surface area contributed by atoms with Crippen molar-refractivity contribution in [3.8, 4) is 0 Å². The lowest BCUT2D eigenvalue weighted by Crippen LogP contribution is -2.44. The highest BCUT2D eigenvalue weighted by atomic mass is 16.1. The Bertz CT molecular complexity index is 377. The number of carbonyl (C=O) groups excluding carboxylic acids is 1. The highest BCUT2D eigenvalue weighted by Crippen LogP contribution is 2.67. The van der Waals surface area contributed by atoms with Gasteiger partial charge in [0, 0.05) is 6.04 Å². The van der Waals surface area contributed by atoms with E-state index in [9.17, 15) is 4.79 Å². The van der Waals surface area contributed by atoms with Crippen LogP contribution in [-0.2, 0) is 4.79 Å². The second-order valence-electron chi connectivity index (χ2n) is 6.70. The van der Waals surface area contributed by atoms with Gasteiger partial charge in [0.25, 0.3) is 0 Å². The molecule has 4 aliphatic rings. The van der Waals surface area contributed by atoms with Gasteiger partial charge >= 0.3 is 0 Å². The molecule has 0 aromatic carbocycles. The van der Waals surface area contributed by atoms with Crippen LogP contribution in [-0.4, -0.2) is 11.9 Å². The quantitative estimate of drug-likeness (QED) is 0.573. The number of hydrogen-bond donors (Lipinski definition) is 1. The maximum Gasteiger partial charge on any atom is 0.243 e. The molecule has 4 bridgehead atoms. The van der Waals surface area contributed by atoms with Crippen molar-refractivity contribution in [2.24, 2.45) is 35.5 Å². The zero-order valence-electron chi connectivity index (χ0n) is 10.3. The van der Waals surface area contributed by atoms with Gasteiger partial charge in [-0.05, 0) is 73.7 Å². The second-order valence-corrected chi connectivity index (χ2v) is 6.70. The lowest BCUT2D eigenvalue weighted by molar-refractivity contribution is -0.117. The molecule has 0 saturated heterocycles. The Labute approximate surface area is 103 Å². The molecule has 17 heavy (non-hydrogen) atoms. The summed E-state index contributed by atoms with van der Waals surface area (Å²) >= 11 is 0. The largest absolute Gasteiger partial charge is 0.350 e. The summed E-state index contributed by atoms with van der Waals surface area (Å²) in [5.74, 6) is 5.81. The fourth-order valence-electron chi connectivity index (χ4n) is 5.97. The smallest absolute Gasteiger partial charge is 0.243 e. The molecule has 4 fully saturated rings. The number of fused-ring (bicyclic) bond motifs is 9. The number of carbonyl (C=O) groups is 1. The number of rotatable bonds is 2. The van der Waals surface area contributed by atoms with E-state index in [2.05, 4.69) is 11.9 Å². The molecule has 1 amide bonds. The minimum Gasteiger partial charge on any atom is -0.350 e. The van der Waals surface area contributed by atoms with E-state index < -0.39 is 0 Å². The van der Waals surface area contributed by atoms with Crippen molar-refractivity contribution in [1.82, 2.24) is 5.32 Å². The molecule has 0 aliphatic heterocycles. The number of amides is 1. The minimum absolute atomic E-state index is 0.0299. The van der Waals surface area contributed by atoms with Crippen molar-refractivity contribution in [3.63, 3.8) is 0 Å². The SMILES string of the molecule is C=CC(=O)NC1CC2CC1C1C3CCC(C3)C21. The zero-order chi connectivity index (χ0) is 11.6. The molecule has 1 N–H and O–H groups in total. The van der Waals surface area contributed by atoms with E-state index in [1.54, 1.807) is 0 Å². The van der Waals surface area contributed by atoms with E-state index in [4.69, 9.17) is 0 Å². The maximum atomic E-state index is 11.5. The summed E-state index contributed by atoms with van der Waals surface area (Å²) in [6.45, 7) is 3.56. The molecule has 4 saturated carbocycles. The highest BCUT2D eigenvalue weighted by molar-refractivity contribution is 5.87. The predicted molar refractivity (Wildman–Crippen MR) is 66.2 cm³/mol. The summed E-state index contributed by atoms with van der Waals surface area (Å²) in [7, 11) is 0. The maximum absolute atomic E-state index is 11.5. The summed E-state index contributed by atoms with van der Waals surface area (Å²) in [4.78, 5) is 11.5. The van der Waals surface area contributed by atoms with Gasteiger partial charge in [-0.1, -0.05) is 6.58 Å². The van der Waals surface area contributed by atoms with Crippen molar-refractivity contribution in [3.05, 3.63) is 12.7 Å². The fraction of sp³-hybridized carbons (Fsp3) is 0.800. The van der Waals surface area contributed by atoms with Gasteiger partial charge in [0.05, 0.1) is 0 Å². The lowest BCUT2D eigenvalue weighted by atomic mass is 9.69. The molecule has 0 radical (unpaired) electrons. The Kier molecular flexibility index (Phi) is 2.01. The Morgan fingerprint density at radius 1 is 1.06 bits per heavy atom. The molecule has 0 aromatic heterocycles. The van der Waals surface area contributed by atoms with E-state index >= 15 is 0 Å². The van der Waals surface area contributed by atoms with E-state index in [1.807, 2.05) is 0 Å². The summed E-state index contributed by atoms with van der Waals surface area (Å²) in [5, 5.41) is 3.18. The molecule has 0 aromatic rings. The predicted octanol–water partition coefficient (Wildman–Crippen LogP) is 2.36. The molecule has 4 rings (SSSR count). The third-order valence-electron chi connectivity index (χ3n) is 6.25. The van der Waals surface area contributed by atoms with Crippen LogP contribution >= 0.6 is 0 Å². The van der Waals surface area contributed by atoms with Crippen molar-refractivity contribution in [2.45, 2.75) is 38.1 Å². The van der Waals surface area contributed by atoms with Crippen LogP contribution in [0.3, 0.4) is 0 Å². The fourth-order valence-corrected chi connectivity index (χ4v) is 5.97. The van der Waals surface area contributed by atoms with Crippen molar-refractivity contribution < 1.29 is 4.79 Å². The highest BCUT2D eigenvalue weighted by Gasteiger charge is 2.62. The summed E-state index contributed by atoms with van der Waals surface area (Å²) < 4.78 is 0. The van der Waals surface area contributed by atoms with Crippen LogP contribution in [0, 0.1) is 35.5 Å². The van der Waals surface area contributed by atoms with Gasteiger partial charge < -0.3 is 5.32 Å². The van der Waals surface area contributed by atoms with E-state index in [0.717, 1.165) is 35.5 Å². The Morgan fingerprint density at radius 3 is 2.59 bits per heavy atom. The van der Waals surface area contributed by atoms with E-state index in [-0.39, 0.29) is 5.91 Å². The molecular weight excluding hydrogens is 210 g/mol. The molecule has 92 valence electrons. The van der Waals surface area contributed by atoms with Crippen molar-refractivity contribution in [2.75, 3.05) is 0 Å². The Hall–Kier alpha value is -0.790. The number of nitrogens with one attached hydrogen (secondary N) is 1. The molecule has 2 heteroatoms. The van der Waals surface area contributed by atoms with Crippen LogP contribution in [0.25, 0.3) is 0 Å². The molecule has 4 aliphatic carbocycles. The Morgan fingerprint density at radius 2 is 1.82 bits per heavy atom. The second kappa shape index (κ2) is 3.37. The average molecular weight is 231 g/mol. The topological polar surface area (TPSA) is 29.1 Å². The average Bonchev–Trinajstić information content (AvgIpc) is 3.06. The first kappa shape index (κ1) is 10.2. The van der Waals surface area contributed by atoms with Crippen LogP contribution in [0.1, 0.15) is 32.1 Å². The summed E-state index contributed by atoms with van der Waals surface area (Å²) in [5.41, 5.74) is 0. The molecule has 0 heterocycles. The van der Waals surface area contributed by atoms with E-state index in [0.29, 0.717) is 6.04 Å². The normalized spacial score (nSPS) is 53.8. The van der Waals surface area contributed by atoms with Gasteiger partial charge in [-0.15, -0.1) is 0 Å². The van der Waals surface area contributed by atoms with Gasteiger partial charge in [0.1, 0.15) is 0 Å². The Balaban J connectivity index is 1.55. The first-order chi connectivity index (χ1) is 8.28. The molecule has 2 nitrogen and oxygen atoms in total. The van der Waals surface area contributed by atoms with Crippen molar-refractivity contribution in [1.29, 1.82) is 0 Å². The van der Waals surface area contributed by atoms with E-state index in [1.165, 1.54) is 38.2 Å². The van der Waals surface area contributed by atoms with Gasteiger partial charge in [-0.3, -0.25) is 4.79 Å². The summed E-state index contributed by atoms with van der Waals surface area (Å²) in [6.07, 6.45) is 8.53. The van der Waals surface area contributed by atoms with Crippen LogP contribution in [0.15, 0.2) is 12.7 Å². The molecule has 7 atom stereocenters. The monoisotopic (exact) mass is 231 g/mol. The van der Waals surface area contributed by atoms with Crippen LogP contribution < -0.4 is 5.32 Å². The molecular formula is C15H21NO. The third kappa shape index (κ3) is 1.24. The standard InChI is InChI=1S/C15H21NO/c1-2-13(17)16-12-7-10-6-11(12)15-9-4-3-8(5-9)14(10)15/h2,8-12,14-15H,1,3-7H2,(H,16,17). The van der Waals surface area contributed by atoms with Gasteiger partial charge in [-0.2, -0.15) is 0 Å². The first-order valence-corrected chi connectivity index (χ1v) is 7.21. The lowest BCUT2D eigenvalue weighted by Gasteiger charge is -2.38. The molecule has 0 spiro atoms. The number of hydrogen-bond acceptors (Lipinski definition) is 1. The molecule has 7 unspecified atom stereocenters. The van der Waals surface area contributed by atoms with Crippen molar-refractivity contribution >= 4 is 5.91 Å². The van der Waals surface area contributed by atoms with Crippen LogP contribution in [0.4, 0.5) is 0 Å². The third-order valence-corrected chi connectivity index (χ3v) is 6.25.